The third-order valence-corrected chi connectivity index (χ3v) is 7.00. The van der Waals surface area contributed by atoms with E-state index in [-0.39, 0.29) is 23.3 Å². The van der Waals surface area contributed by atoms with Crippen molar-refractivity contribution in [2.45, 2.75) is 44.8 Å². The normalized spacial score (nSPS) is 16.9. The highest BCUT2D eigenvalue weighted by molar-refractivity contribution is 6.04. The number of carbonyl (C=O) groups is 2. The van der Waals surface area contributed by atoms with Gasteiger partial charge in [-0.25, -0.2) is 4.39 Å². The number of nitrogens with zero attached hydrogens (tertiary/aromatic N) is 2. The van der Waals surface area contributed by atoms with Crippen molar-refractivity contribution in [1.29, 1.82) is 0 Å². The van der Waals surface area contributed by atoms with E-state index < -0.39 is 18.5 Å². The fourth-order valence-corrected chi connectivity index (χ4v) is 4.53. The lowest BCUT2D eigenvalue weighted by Crippen LogP contribution is -2.44. The molecule has 0 spiro atoms. The molecule has 0 radical (unpaired) electrons. The summed E-state index contributed by atoms with van der Waals surface area (Å²) in [6.07, 6.45) is 6.07. The molecule has 1 unspecified atom stereocenters. The maximum absolute atomic E-state index is 13.2. The SMILES string of the molecule is O=C(Nc1ccc(NC(=O)C2CCCCN2/N=C/c2ccc(OC(F)F)c(OCC3CC3)c2)cc1)c1ccc(F)cc1. The number of ether oxygens (including phenoxy) is 2. The van der Waals surface area contributed by atoms with E-state index >= 15 is 0 Å². The van der Waals surface area contributed by atoms with E-state index in [1.807, 2.05) is 0 Å². The lowest BCUT2D eigenvalue weighted by atomic mass is 10.0. The van der Waals surface area contributed by atoms with Crippen LogP contribution in [0.4, 0.5) is 24.5 Å². The summed E-state index contributed by atoms with van der Waals surface area (Å²) < 4.78 is 49.2. The van der Waals surface area contributed by atoms with Crippen molar-refractivity contribution in [3.63, 3.8) is 0 Å². The van der Waals surface area contributed by atoms with Gasteiger partial charge in [-0.1, -0.05) is 0 Å². The molecular formula is C31H31F3N4O4. The summed E-state index contributed by atoms with van der Waals surface area (Å²) in [6.45, 7) is -1.94. The lowest BCUT2D eigenvalue weighted by Gasteiger charge is -2.32. The number of carbonyl (C=O) groups excluding carboxylic acids is 2. The van der Waals surface area contributed by atoms with Crippen molar-refractivity contribution < 1.29 is 32.2 Å². The van der Waals surface area contributed by atoms with Crippen LogP contribution in [0, 0.1) is 11.7 Å². The number of benzene rings is 3. The van der Waals surface area contributed by atoms with E-state index in [1.165, 1.54) is 30.3 Å². The molecule has 1 aliphatic carbocycles. The van der Waals surface area contributed by atoms with E-state index in [0.717, 1.165) is 25.7 Å². The third kappa shape index (κ3) is 8.02. The van der Waals surface area contributed by atoms with Crippen molar-refractivity contribution in [2.24, 2.45) is 11.0 Å². The van der Waals surface area contributed by atoms with E-state index in [0.29, 0.717) is 48.0 Å². The molecule has 2 N–H and O–H groups in total. The van der Waals surface area contributed by atoms with Gasteiger partial charge < -0.3 is 20.1 Å². The molecule has 8 nitrogen and oxygen atoms in total. The quantitative estimate of drug-likeness (QED) is 0.260. The molecule has 3 aromatic carbocycles. The number of halogens is 3. The molecule has 1 atom stereocenters. The van der Waals surface area contributed by atoms with Crippen LogP contribution in [0.3, 0.4) is 0 Å². The molecule has 1 saturated heterocycles. The number of piperidine rings is 1. The second-order valence-electron chi connectivity index (χ2n) is 10.3. The molecule has 2 aliphatic rings. The Hall–Kier alpha value is -4.54. The van der Waals surface area contributed by atoms with Crippen molar-refractivity contribution >= 4 is 29.4 Å². The van der Waals surface area contributed by atoms with Gasteiger partial charge in [0.15, 0.2) is 11.5 Å². The predicted molar refractivity (Wildman–Crippen MR) is 153 cm³/mol. The highest BCUT2D eigenvalue weighted by Crippen LogP contribution is 2.34. The summed E-state index contributed by atoms with van der Waals surface area (Å²) in [7, 11) is 0. The molecule has 3 aromatic rings. The lowest BCUT2D eigenvalue weighted by molar-refractivity contribution is -0.122. The minimum atomic E-state index is -2.96. The number of hydrazone groups is 1. The van der Waals surface area contributed by atoms with Gasteiger partial charge in [0.25, 0.3) is 5.91 Å². The van der Waals surface area contributed by atoms with Crippen molar-refractivity contribution in [2.75, 3.05) is 23.8 Å². The molecule has 11 heteroatoms. The predicted octanol–water partition coefficient (Wildman–Crippen LogP) is 6.30. The Labute approximate surface area is 241 Å². The smallest absolute Gasteiger partial charge is 0.387 e. The summed E-state index contributed by atoms with van der Waals surface area (Å²) >= 11 is 0. The first kappa shape index (κ1) is 29.0. The van der Waals surface area contributed by atoms with Crippen LogP contribution >= 0.6 is 0 Å². The van der Waals surface area contributed by atoms with Gasteiger partial charge in [0, 0.05) is 23.5 Å². The van der Waals surface area contributed by atoms with Crippen LogP contribution in [0.1, 0.15) is 48.0 Å². The van der Waals surface area contributed by atoms with Gasteiger partial charge in [-0.05, 0) is 110 Å². The standard InChI is InChI=1S/C31H31F3N4O4/c32-23-9-7-22(8-10-23)29(39)36-24-11-13-25(14-12-24)37-30(40)26-3-1-2-16-38(26)35-18-21-6-15-27(42-31(33)34)28(17-21)41-19-20-4-5-20/h6-15,17-18,20,26,31H,1-5,16,19H2,(H,36,39)(H,37,40)/b35-18+. The van der Waals surface area contributed by atoms with Crippen LogP contribution in [-0.4, -0.2) is 48.8 Å². The van der Waals surface area contributed by atoms with Crippen molar-refractivity contribution in [3.8, 4) is 11.5 Å². The minimum Gasteiger partial charge on any atom is -0.489 e. The van der Waals surface area contributed by atoms with Gasteiger partial charge in [0.1, 0.15) is 11.9 Å². The number of anilines is 2. The first-order valence-corrected chi connectivity index (χ1v) is 13.8. The first-order valence-electron chi connectivity index (χ1n) is 13.8. The zero-order valence-corrected chi connectivity index (χ0v) is 22.8. The third-order valence-electron chi connectivity index (χ3n) is 7.00. The number of hydrogen-bond donors (Lipinski definition) is 2. The Morgan fingerprint density at radius 3 is 2.33 bits per heavy atom. The van der Waals surface area contributed by atoms with Crippen molar-refractivity contribution in [3.05, 3.63) is 83.7 Å². The minimum absolute atomic E-state index is 0.0286. The molecule has 42 heavy (non-hydrogen) atoms. The Bertz CT molecular complexity index is 1410. The molecule has 5 rings (SSSR count). The molecule has 2 fully saturated rings. The number of alkyl halides is 2. The van der Waals surface area contributed by atoms with Gasteiger partial charge >= 0.3 is 6.61 Å². The zero-order chi connectivity index (χ0) is 29.5. The second-order valence-corrected chi connectivity index (χ2v) is 10.3. The molecule has 1 saturated carbocycles. The van der Waals surface area contributed by atoms with E-state index in [4.69, 9.17) is 4.74 Å². The summed E-state index contributed by atoms with van der Waals surface area (Å²) in [5.41, 5.74) is 2.04. The Kier molecular flexibility index (Phi) is 9.25. The van der Waals surface area contributed by atoms with Gasteiger partial charge in [0.05, 0.1) is 12.8 Å². The maximum atomic E-state index is 13.2. The van der Waals surface area contributed by atoms with Gasteiger partial charge in [-0.3, -0.25) is 14.6 Å². The number of amides is 2. The van der Waals surface area contributed by atoms with Gasteiger partial charge in [0.2, 0.25) is 5.91 Å². The number of rotatable bonds is 11. The summed E-state index contributed by atoms with van der Waals surface area (Å²) in [5.74, 6) is -0.376. The average Bonchev–Trinajstić information content (AvgIpc) is 3.82. The molecule has 0 bridgehead atoms. The van der Waals surface area contributed by atoms with Crippen molar-refractivity contribution in [1.82, 2.24) is 5.01 Å². The fraction of sp³-hybridized carbons (Fsp3) is 0.323. The topological polar surface area (TPSA) is 92.3 Å². The van der Waals surface area contributed by atoms with Crippen LogP contribution in [0.15, 0.2) is 71.8 Å². The van der Waals surface area contributed by atoms with E-state index in [9.17, 15) is 22.8 Å². The Balaban J connectivity index is 1.20. The van der Waals surface area contributed by atoms with Crippen LogP contribution in [0.5, 0.6) is 11.5 Å². The molecule has 0 aromatic heterocycles. The molecule has 220 valence electrons. The van der Waals surface area contributed by atoms with Crippen LogP contribution in [0.25, 0.3) is 0 Å². The maximum Gasteiger partial charge on any atom is 0.387 e. The molecule has 1 heterocycles. The van der Waals surface area contributed by atoms with Gasteiger partial charge in [-0.15, -0.1) is 0 Å². The average molecular weight is 581 g/mol. The molecule has 1 aliphatic heterocycles. The molecular weight excluding hydrogens is 549 g/mol. The summed E-state index contributed by atoms with van der Waals surface area (Å²) in [5, 5.41) is 11.9. The number of nitrogens with one attached hydrogen (secondary N) is 2. The molecule has 2 amide bonds. The monoisotopic (exact) mass is 580 g/mol. The van der Waals surface area contributed by atoms with Crippen LogP contribution < -0.4 is 20.1 Å². The zero-order valence-electron chi connectivity index (χ0n) is 22.8. The summed E-state index contributed by atoms with van der Waals surface area (Å²) in [6, 6.07) is 16.1. The van der Waals surface area contributed by atoms with E-state index in [2.05, 4.69) is 20.5 Å². The summed E-state index contributed by atoms with van der Waals surface area (Å²) in [4.78, 5) is 25.6. The van der Waals surface area contributed by atoms with Crippen LogP contribution in [0.2, 0.25) is 0 Å². The Morgan fingerprint density at radius 1 is 0.929 bits per heavy atom. The highest BCUT2D eigenvalue weighted by atomic mass is 19.3. The Morgan fingerprint density at radius 2 is 1.64 bits per heavy atom. The van der Waals surface area contributed by atoms with Crippen LogP contribution in [-0.2, 0) is 4.79 Å². The number of hydrogen-bond acceptors (Lipinski definition) is 6. The van der Waals surface area contributed by atoms with Gasteiger partial charge in [-0.2, -0.15) is 13.9 Å². The van der Waals surface area contributed by atoms with E-state index in [1.54, 1.807) is 47.6 Å². The highest BCUT2D eigenvalue weighted by Gasteiger charge is 2.28. The fourth-order valence-electron chi connectivity index (χ4n) is 4.53. The largest absolute Gasteiger partial charge is 0.489 e. The second kappa shape index (κ2) is 13.4. The first-order chi connectivity index (χ1) is 20.3.